The second-order valence-electron chi connectivity index (χ2n) is 6.12. The van der Waals surface area contributed by atoms with Crippen LogP contribution in [0.1, 0.15) is 12.5 Å². The average molecular weight is 359 g/mol. The highest BCUT2D eigenvalue weighted by atomic mass is 32.2. The van der Waals surface area contributed by atoms with Crippen molar-refractivity contribution >= 4 is 22.7 Å². The SMILES string of the molecule is Cc1cccc(-n2c(SC(C)C#N)nnc2-c2c[nH]c3ccccc23)c1. The Balaban J connectivity index is 1.94. The monoisotopic (exact) mass is 359 g/mol. The van der Waals surface area contributed by atoms with E-state index in [0.717, 1.165) is 33.5 Å². The highest BCUT2D eigenvalue weighted by molar-refractivity contribution is 8.00. The molecular formula is C20H17N5S. The lowest BCUT2D eigenvalue weighted by Crippen LogP contribution is -2.02. The fraction of sp³-hybridized carbons (Fsp3) is 0.150. The Hall–Kier alpha value is -3.04. The lowest BCUT2D eigenvalue weighted by Gasteiger charge is -2.11. The van der Waals surface area contributed by atoms with Gasteiger partial charge >= 0.3 is 0 Å². The van der Waals surface area contributed by atoms with Crippen LogP contribution in [-0.2, 0) is 0 Å². The number of aryl methyl sites for hydroxylation is 1. The van der Waals surface area contributed by atoms with Gasteiger partial charge in [-0.2, -0.15) is 5.26 Å². The third kappa shape index (κ3) is 2.87. The molecule has 0 bridgehead atoms. The zero-order valence-corrected chi connectivity index (χ0v) is 15.3. The number of rotatable bonds is 4. The summed E-state index contributed by atoms with van der Waals surface area (Å²) in [6.07, 6.45) is 1.96. The largest absolute Gasteiger partial charge is 0.360 e. The zero-order valence-electron chi connectivity index (χ0n) is 14.5. The summed E-state index contributed by atoms with van der Waals surface area (Å²) in [6.45, 7) is 3.93. The van der Waals surface area contributed by atoms with Crippen molar-refractivity contribution in [2.75, 3.05) is 0 Å². The third-order valence-electron chi connectivity index (χ3n) is 4.19. The number of hydrogen-bond acceptors (Lipinski definition) is 4. The molecule has 128 valence electrons. The van der Waals surface area contributed by atoms with Gasteiger partial charge in [0, 0.05) is 28.4 Å². The van der Waals surface area contributed by atoms with Crippen molar-refractivity contribution in [3.63, 3.8) is 0 Å². The smallest absolute Gasteiger partial charge is 0.197 e. The summed E-state index contributed by atoms with van der Waals surface area (Å²) in [7, 11) is 0. The van der Waals surface area contributed by atoms with Gasteiger partial charge in [0.15, 0.2) is 11.0 Å². The quantitative estimate of drug-likeness (QED) is 0.535. The number of nitrogens with zero attached hydrogens (tertiary/aromatic N) is 4. The van der Waals surface area contributed by atoms with Gasteiger partial charge in [-0.05, 0) is 37.6 Å². The first-order chi connectivity index (χ1) is 12.7. The van der Waals surface area contributed by atoms with Gasteiger partial charge in [-0.15, -0.1) is 10.2 Å². The molecular weight excluding hydrogens is 342 g/mol. The van der Waals surface area contributed by atoms with E-state index >= 15 is 0 Å². The van der Waals surface area contributed by atoms with Gasteiger partial charge in [0.2, 0.25) is 0 Å². The van der Waals surface area contributed by atoms with Crippen LogP contribution in [-0.4, -0.2) is 25.0 Å². The molecule has 6 heteroatoms. The maximum Gasteiger partial charge on any atom is 0.197 e. The van der Waals surface area contributed by atoms with Crippen LogP contribution in [0.3, 0.4) is 0 Å². The first-order valence-electron chi connectivity index (χ1n) is 8.32. The zero-order chi connectivity index (χ0) is 18.1. The van der Waals surface area contributed by atoms with E-state index in [-0.39, 0.29) is 5.25 Å². The molecule has 2 aromatic carbocycles. The van der Waals surface area contributed by atoms with E-state index in [1.54, 1.807) is 0 Å². The number of aromatic nitrogens is 4. The van der Waals surface area contributed by atoms with Crippen LogP contribution in [0.5, 0.6) is 0 Å². The normalized spacial score (nSPS) is 12.2. The summed E-state index contributed by atoms with van der Waals surface area (Å²) < 4.78 is 2.03. The molecule has 0 aliphatic rings. The number of nitriles is 1. The van der Waals surface area contributed by atoms with Gasteiger partial charge in [0.05, 0.1) is 11.3 Å². The molecule has 2 aromatic heterocycles. The predicted octanol–water partition coefficient (Wildman–Crippen LogP) is 4.73. The summed E-state index contributed by atoms with van der Waals surface area (Å²) in [5.41, 5.74) is 4.19. The number of H-pyrrole nitrogens is 1. The molecule has 26 heavy (non-hydrogen) atoms. The van der Waals surface area contributed by atoms with E-state index < -0.39 is 0 Å². The molecule has 0 amide bonds. The number of fused-ring (bicyclic) bond motifs is 1. The highest BCUT2D eigenvalue weighted by Crippen LogP contribution is 2.33. The molecule has 1 unspecified atom stereocenters. The third-order valence-corrected chi connectivity index (χ3v) is 5.12. The van der Waals surface area contributed by atoms with Crippen molar-refractivity contribution in [2.24, 2.45) is 0 Å². The lowest BCUT2D eigenvalue weighted by molar-refractivity contribution is 0.883. The van der Waals surface area contributed by atoms with Crippen LogP contribution in [0.15, 0.2) is 59.9 Å². The molecule has 1 N–H and O–H groups in total. The number of para-hydroxylation sites is 1. The maximum absolute atomic E-state index is 9.20. The molecule has 0 aliphatic carbocycles. The summed E-state index contributed by atoms with van der Waals surface area (Å²) in [5.74, 6) is 0.765. The fourth-order valence-corrected chi connectivity index (χ4v) is 3.72. The van der Waals surface area contributed by atoms with Gasteiger partial charge in [-0.3, -0.25) is 4.57 Å². The fourth-order valence-electron chi connectivity index (χ4n) is 2.96. The topological polar surface area (TPSA) is 70.3 Å². The first-order valence-corrected chi connectivity index (χ1v) is 9.20. The van der Waals surface area contributed by atoms with Gasteiger partial charge < -0.3 is 4.98 Å². The number of benzene rings is 2. The van der Waals surface area contributed by atoms with Crippen molar-refractivity contribution in [2.45, 2.75) is 24.3 Å². The van der Waals surface area contributed by atoms with Crippen molar-refractivity contribution in [1.82, 2.24) is 19.7 Å². The van der Waals surface area contributed by atoms with Crippen LogP contribution in [0.2, 0.25) is 0 Å². The van der Waals surface area contributed by atoms with Gasteiger partial charge in [0.1, 0.15) is 0 Å². The van der Waals surface area contributed by atoms with E-state index in [1.165, 1.54) is 11.8 Å². The Bertz CT molecular complexity index is 1120. The van der Waals surface area contributed by atoms with Gasteiger partial charge in [0.25, 0.3) is 0 Å². The van der Waals surface area contributed by atoms with Crippen LogP contribution < -0.4 is 0 Å². The van der Waals surface area contributed by atoms with Crippen molar-refractivity contribution in [3.8, 4) is 23.1 Å². The minimum absolute atomic E-state index is 0.210. The average Bonchev–Trinajstić information content (AvgIpc) is 3.25. The molecule has 0 saturated carbocycles. The molecule has 0 aliphatic heterocycles. The number of thioether (sulfide) groups is 1. The van der Waals surface area contributed by atoms with Gasteiger partial charge in [-0.1, -0.05) is 42.1 Å². The highest BCUT2D eigenvalue weighted by Gasteiger charge is 2.20. The Morgan fingerprint density at radius 3 is 2.81 bits per heavy atom. The first kappa shape index (κ1) is 16.4. The molecule has 0 spiro atoms. The second kappa shape index (κ2) is 6.70. The summed E-state index contributed by atoms with van der Waals surface area (Å²) in [6, 6.07) is 18.6. The van der Waals surface area contributed by atoms with Crippen LogP contribution in [0, 0.1) is 18.3 Å². The molecule has 1 atom stereocenters. The van der Waals surface area contributed by atoms with E-state index in [2.05, 4.69) is 46.4 Å². The molecule has 0 saturated heterocycles. The minimum atomic E-state index is -0.210. The minimum Gasteiger partial charge on any atom is -0.360 e. The Kier molecular flexibility index (Phi) is 4.23. The van der Waals surface area contributed by atoms with E-state index in [1.807, 2.05) is 48.0 Å². The van der Waals surface area contributed by atoms with Crippen LogP contribution in [0.4, 0.5) is 0 Å². The predicted molar refractivity (Wildman–Crippen MR) is 104 cm³/mol. The maximum atomic E-state index is 9.20. The van der Waals surface area contributed by atoms with E-state index in [9.17, 15) is 5.26 Å². The summed E-state index contributed by atoms with van der Waals surface area (Å²) >= 11 is 1.41. The molecule has 2 heterocycles. The van der Waals surface area contributed by atoms with Crippen molar-refractivity contribution in [3.05, 3.63) is 60.3 Å². The van der Waals surface area contributed by atoms with Crippen molar-refractivity contribution < 1.29 is 0 Å². The molecule has 4 rings (SSSR count). The van der Waals surface area contributed by atoms with Crippen LogP contribution >= 0.6 is 11.8 Å². The molecule has 0 radical (unpaired) electrons. The number of nitrogens with one attached hydrogen (secondary N) is 1. The Morgan fingerprint density at radius 2 is 2.00 bits per heavy atom. The van der Waals surface area contributed by atoms with Gasteiger partial charge in [-0.25, -0.2) is 0 Å². The summed E-state index contributed by atoms with van der Waals surface area (Å²) in [5, 5.41) is 19.6. The Morgan fingerprint density at radius 1 is 1.15 bits per heavy atom. The lowest BCUT2D eigenvalue weighted by atomic mass is 10.1. The molecule has 5 nitrogen and oxygen atoms in total. The molecule has 4 aromatic rings. The number of hydrogen-bond donors (Lipinski definition) is 1. The summed E-state index contributed by atoms with van der Waals surface area (Å²) in [4.78, 5) is 3.30. The van der Waals surface area contributed by atoms with E-state index in [0.29, 0.717) is 5.16 Å². The number of aromatic amines is 1. The van der Waals surface area contributed by atoms with Crippen LogP contribution in [0.25, 0.3) is 28.0 Å². The standard InChI is InChI=1S/C20H17N5S/c1-13-6-5-7-15(10-13)25-19(23-24-20(25)26-14(2)11-21)17-12-22-18-9-4-3-8-16(17)18/h3-10,12,14,22H,1-2H3. The second-order valence-corrected chi connectivity index (χ2v) is 7.43. The van der Waals surface area contributed by atoms with Crippen molar-refractivity contribution in [1.29, 1.82) is 5.26 Å². The molecule has 0 fully saturated rings. The van der Waals surface area contributed by atoms with E-state index in [4.69, 9.17) is 0 Å². The Labute approximate surface area is 155 Å².